The van der Waals surface area contributed by atoms with Gasteiger partial charge in [-0.15, -0.1) is 11.3 Å². The summed E-state index contributed by atoms with van der Waals surface area (Å²) in [4.78, 5) is 6.34. The molecule has 0 bridgehead atoms. The molecule has 0 fully saturated rings. The van der Waals surface area contributed by atoms with Crippen LogP contribution in [0.3, 0.4) is 0 Å². The zero-order valence-electron chi connectivity index (χ0n) is 12.9. The number of hydrogen-bond acceptors (Lipinski definition) is 3. The Morgan fingerprint density at radius 3 is 2.95 bits per heavy atom. The van der Waals surface area contributed by atoms with E-state index in [-0.39, 0.29) is 11.5 Å². The predicted molar refractivity (Wildman–Crippen MR) is 85.3 cm³/mol. The third kappa shape index (κ3) is 2.08. The highest BCUT2D eigenvalue weighted by Crippen LogP contribution is 2.43. The van der Waals surface area contributed by atoms with E-state index in [2.05, 4.69) is 31.4 Å². The van der Waals surface area contributed by atoms with Gasteiger partial charge in [-0.1, -0.05) is 13.8 Å². The Labute approximate surface area is 129 Å². The minimum absolute atomic E-state index is 0.148. The van der Waals surface area contributed by atoms with Crippen LogP contribution in [0.2, 0.25) is 0 Å². The maximum Gasteiger partial charge on any atom is 0.194 e. The Balaban J connectivity index is 1.86. The summed E-state index contributed by atoms with van der Waals surface area (Å²) >= 11 is 1.84. The highest BCUT2D eigenvalue weighted by molar-refractivity contribution is 7.14. The Bertz CT molecular complexity index is 689. The topological polar surface area (TPSA) is 38.0 Å². The third-order valence-electron chi connectivity index (χ3n) is 4.85. The molecule has 1 N–H and O–H groups in total. The van der Waals surface area contributed by atoms with Crippen LogP contribution < -0.4 is 0 Å². The van der Waals surface area contributed by atoms with Crippen LogP contribution in [0, 0.1) is 12.3 Å². The maximum atomic E-state index is 10.5. The standard InChI is InChI=1S/C17H22N2OS/c1-10-7-11-13(8-17(2,3)9-14(11)20)19(10)16-18-12-5-4-6-15(12)21-16/h7,14,20H,4-6,8-9H2,1-3H3. The number of aryl methyl sites for hydroxylation is 3. The van der Waals surface area contributed by atoms with E-state index in [9.17, 15) is 5.11 Å². The lowest BCUT2D eigenvalue weighted by atomic mass is 9.75. The van der Waals surface area contributed by atoms with Gasteiger partial charge in [0.15, 0.2) is 5.13 Å². The fourth-order valence-electron chi connectivity index (χ4n) is 3.88. The van der Waals surface area contributed by atoms with Crippen LogP contribution in [0.1, 0.15) is 60.3 Å². The van der Waals surface area contributed by atoms with Gasteiger partial charge < -0.3 is 5.11 Å². The molecular weight excluding hydrogens is 280 g/mol. The number of rotatable bonds is 1. The zero-order chi connectivity index (χ0) is 14.8. The fourth-order valence-corrected chi connectivity index (χ4v) is 5.12. The Kier molecular flexibility index (Phi) is 2.86. The van der Waals surface area contributed by atoms with Gasteiger partial charge in [0.05, 0.1) is 11.8 Å². The quantitative estimate of drug-likeness (QED) is 0.871. The molecule has 4 heteroatoms. The zero-order valence-corrected chi connectivity index (χ0v) is 13.8. The van der Waals surface area contributed by atoms with Crippen molar-refractivity contribution in [1.29, 1.82) is 0 Å². The van der Waals surface area contributed by atoms with Gasteiger partial charge in [-0.3, -0.25) is 4.57 Å². The van der Waals surface area contributed by atoms with Crippen molar-refractivity contribution in [2.45, 2.75) is 59.0 Å². The first kappa shape index (κ1) is 13.5. The second kappa shape index (κ2) is 4.43. The van der Waals surface area contributed by atoms with E-state index in [0.29, 0.717) is 0 Å². The lowest BCUT2D eigenvalue weighted by molar-refractivity contribution is 0.0987. The number of nitrogens with zero attached hydrogens (tertiary/aromatic N) is 2. The van der Waals surface area contributed by atoms with Gasteiger partial charge in [0.1, 0.15) is 0 Å². The molecule has 4 rings (SSSR count). The van der Waals surface area contributed by atoms with Crippen molar-refractivity contribution >= 4 is 11.3 Å². The van der Waals surface area contributed by atoms with E-state index in [1.54, 1.807) is 0 Å². The van der Waals surface area contributed by atoms with E-state index < -0.39 is 0 Å². The maximum absolute atomic E-state index is 10.5. The summed E-state index contributed by atoms with van der Waals surface area (Å²) in [5, 5.41) is 11.6. The Morgan fingerprint density at radius 1 is 1.38 bits per heavy atom. The SMILES string of the molecule is Cc1cc2c(n1-c1nc3c(s1)CCC3)CC(C)(C)CC2O. The highest BCUT2D eigenvalue weighted by atomic mass is 32.1. The van der Waals surface area contributed by atoms with Gasteiger partial charge in [-0.2, -0.15) is 0 Å². The van der Waals surface area contributed by atoms with E-state index in [1.807, 2.05) is 11.3 Å². The van der Waals surface area contributed by atoms with Gasteiger partial charge in [0.25, 0.3) is 0 Å². The first-order valence-electron chi connectivity index (χ1n) is 7.83. The molecule has 112 valence electrons. The predicted octanol–water partition coefficient (Wildman–Crippen LogP) is 3.74. The molecule has 1 atom stereocenters. The number of aromatic nitrogens is 2. The summed E-state index contributed by atoms with van der Waals surface area (Å²) in [6.45, 7) is 6.62. The molecule has 21 heavy (non-hydrogen) atoms. The lowest BCUT2D eigenvalue weighted by Crippen LogP contribution is -2.26. The van der Waals surface area contributed by atoms with Crippen molar-refractivity contribution in [3.05, 3.63) is 33.6 Å². The summed E-state index contributed by atoms with van der Waals surface area (Å²) < 4.78 is 2.29. The van der Waals surface area contributed by atoms with Crippen LogP contribution in [0.25, 0.3) is 5.13 Å². The van der Waals surface area contributed by atoms with Gasteiger partial charge in [0, 0.05) is 21.8 Å². The molecule has 1 unspecified atom stereocenters. The summed E-state index contributed by atoms with van der Waals surface area (Å²) in [6, 6.07) is 2.15. The third-order valence-corrected chi connectivity index (χ3v) is 5.99. The minimum Gasteiger partial charge on any atom is -0.388 e. The summed E-state index contributed by atoms with van der Waals surface area (Å²) in [5.41, 5.74) is 5.03. The first-order chi connectivity index (χ1) is 9.94. The molecule has 2 aliphatic rings. The molecule has 2 aromatic heterocycles. The van der Waals surface area contributed by atoms with Crippen LogP contribution in [-0.4, -0.2) is 14.7 Å². The van der Waals surface area contributed by atoms with Crippen molar-refractivity contribution in [2.75, 3.05) is 0 Å². The number of aliphatic hydroxyl groups is 1. The van der Waals surface area contributed by atoms with E-state index >= 15 is 0 Å². The molecule has 0 aromatic carbocycles. The van der Waals surface area contributed by atoms with Crippen molar-refractivity contribution in [2.24, 2.45) is 5.41 Å². The van der Waals surface area contributed by atoms with Crippen LogP contribution in [0.4, 0.5) is 0 Å². The molecule has 2 aromatic rings. The molecule has 0 saturated heterocycles. The molecule has 0 saturated carbocycles. The average molecular weight is 302 g/mol. The molecule has 0 spiro atoms. The Hall–Kier alpha value is -1.13. The first-order valence-corrected chi connectivity index (χ1v) is 8.64. The largest absolute Gasteiger partial charge is 0.388 e. The van der Waals surface area contributed by atoms with Gasteiger partial charge in [-0.05, 0) is 50.5 Å². The van der Waals surface area contributed by atoms with E-state index in [4.69, 9.17) is 4.98 Å². The Morgan fingerprint density at radius 2 is 2.19 bits per heavy atom. The second-order valence-electron chi connectivity index (χ2n) is 7.30. The lowest BCUT2D eigenvalue weighted by Gasteiger charge is -2.33. The van der Waals surface area contributed by atoms with Gasteiger partial charge in [-0.25, -0.2) is 4.98 Å². The number of thiazole rings is 1. The van der Waals surface area contributed by atoms with Crippen LogP contribution in [-0.2, 0) is 19.3 Å². The highest BCUT2D eigenvalue weighted by Gasteiger charge is 2.35. The number of aliphatic hydroxyl groups excluding tert-OH is 1. The molecule has 2 heterocycles. The summed E-state index contributed by atoms with van der Waals surface area (Å²) in [7, 11) is 0. The molecule has 2 aliphatic carbocycles. The van der Waals surface area contributed by atoms with Crippen molar-refractivity contribution in [3.63, 3.8) is 0 Å². The normalized spacial score (nSPS) is 23.1. The van der Waals surface area contributed by atoms with E-state index in [0.717, 1.165) is 30.0 Å². The van der Waals surface area contributed by atoms with Crippen LogP contribution >= 0.6 is 11.3 Å². The van der Waals surface area contributed by atoms with Crippen molar-refractivity contribution in [3.8, 4) is 5.13 Å². The van der Waals surface area contributed by atoms with Crippen molar-refractivity contribution < 1.29 is 5.11 Å². The molecule has 0 radical (unpaired) electrons. The summed E-state index contributed by atoms with van der Waals surface area (Å²) in [6.07, 6.45) is 5.08. The number of fused-ring (bicyclic) bond motifs is 2. The fraction of sp³-hybridized carbons (Fsp3) is 0.588. The van der Waals surface area contributed by atoms with Gasteiger partial charge >= 0.3 is 0 Å². The molecule has 3 nitrogen and oxygen atoms in total. The van der Waals surface area contributed by atoms with Crippen LogP contribution in [0.5, 0.6) is 0 Å². The smallest absolute Gasteiger partial charge is 0.194 e. The average Bonchev–Trinajstić information content (AvgIpc) is 2.99. The van der Waals surface area contributed by atoms with Crippen molar-refractivity contribution in [1.82, 2.24) is 9.55 Å². The molecular formula is C17H22N2OS. The van der Waals surface area contributed by atoms with E-state index in [1.165, 1.54) is 34.8 Å². The molecule has 0 amide bonds. The minimum atomic E-state index is -0.337. The second-order valence-corrected chi connectivity index (χ2v) is 8.37. The number of hydrogen-bond donors (Lipinski definition) is 1. The molecule has 0 aliphatic heterocycles. The summed E-state index contributed by atoms with van der Waals surface area (Å²) in [5.74, 6) is 0. The monoisotopic (exact) mass is 302 g/mol. The van der Waals surface area contributed by atoms with Crippen LogP contribution in [0.15, 0.2) is 6.07 Å². The van der Waals surface area contributed by atoms with Gasteiger partial charge in [0.2, 0.25) is 0 Å².